The number of fused-ring (bicyclic) bond motifs is 6. The molecule has 1 aliphatic carbocycles. The van der Waals surface area contributed by atoms with Crippen LogP contribution in [0.1, 0.15) is 76.3 Å². The average Bonchev–Trinajstić information content (AvgIpc) is 3.66. The zero-order valence-electron chi connectivity index (χ0n) is 35.8. The third kappa shape index (κ3) is 8.31. The van der Waals surface area contributed by atoms with Gasteiger partial charge in [-0.25, -0.2) is 10.4 Å². The number of nitrogens with one attached hydrogen (secondary N) is 2. The van der Waals surface area contributed by atoms with E-state index in [-0.39, 0.29) is 42.3 Å². The smallest absolute Gasteiger partial charge is 0.259 e. The molecule has 3 aromatic heterocycles. The van der Waals surface area contributed by atoms with Crippen molar-refractivity contribution >= 4 is 46.0 Å². The van der Waals surface area contributed by atoms with Crippen molar-refractivity contribution in [2.45, 2.75) is 90.4 Å². The number of aldehydes is 1. The Labute approximate surface area is 351 Å². The Hall–Kier alpha value is -4.21. The fourth-order valence-corrected chi connectivity index (χ4v) is 10.3. The molecule has 13 nitrogen and oxygen atoms in total. The van der Waals surface area contributed by atoms with Gasteiger partial charge in [0.15, 0.2) is 0 Å². The van der Waals surface area contributed by atoms with Crippen molar-refractivity contribution in [3.8, 4) is 22.5 Å². The van der Waals surface area contributed by atoms with Crippen LogP contribution in [0.15, 0.2) is 35.8 Å². The van der Waals surface area contributed by atoms with Gasteiger partial charge < -0.3 is 34.0 Å². The molecule has 3 aliphatic heterocycles. The summed E-state index contributed by atoms with van der Waals surface area (Å²) < 4.78 is 14.8. The third-order valence-corrected chi connectivity index (χ3v) is 13.9. The topological polar surface area (TPSA) is 134 Å². The Morgan fingerprint density at radius 3 is 2.68 bits per heavy atom. The van der Waals surface area contributed by atoms with E-state index in [0.717, 1.165) is 82.1 Å². The van der Waals surface area contributed by atoms with Crippen LogP contribution in [0.4, 0.5) is 5.69 Å². The molecule has 6 atom stereocenters. The maximum absolute atomic E-state index is 14.3. The molecule has 2 amide bonds. The van der Waals surface area contributed by atoms with Crippen molar-refractivity contribution in [1.82, 2.24) is 35.2 Å². The molecule has 0 unspecified atom stereocenters. The number of anilines is 1. The van der Waals surface area contributed by atoms with Crippen LogP contribution in [0.3, 0.4) is 0 Å². The lowest BCUT2D eigenvalue weighted by atomic mass is 9.84. The molecule has 59 heavy (non-hydrogen) atoms. The zero-order chi connectivity index (χ0) is 41.8. The average molecular weight is 825 g/mol. The summed E-state index contributed by atoms with van der Waals surface area (Å²) in [6, 6.07) is 8.34. The van der Waals surface area contributed by atoms with Crippen LogP contribution in [0.25, 0.3) is 33.4 Å². The Bertz CT molecular complexity index is 2240. The lowest BCUT2D eigenvalue weighted by Crippen LogP contribution is -2.66. The number of ether oxygens (including phenoxy) is 2. The zero-order valence-corrected chi connectivity index (χ0v) is 36.7. The van der Waals surface area contributed by atoms with Gasteiger partial charge >= 0.3 is 0 Å². The van der Waals surface area contributed by atoms with E-state index in [1.165, 1.54) is 21.9 Å². The van der Waals surface area contributed by atoms with E-state index in [0.29, 0.717) is 44.4 Å². The quantitative estimate of drug-likeness (QED) is 0.229. The first-order chi connectivity index (χ1) is 28.2. The van der Waals surface area contributed by atoms with E-state index in [1.807, 2.05) is 11.6 Å². The Morgan fingerprint density at radius 2 is 1.95 bits per heavy atom. The van der Waals surface area contributed by atoms with Crippen LogP contribution in [0.5, 0.6) is 0 Å². The molecule has 1 saturated carbocycles. The van der Waals surface area contributed by atoms with Crippen molar-refractivity contribution in [2.75, 3.05) is 58.5 Å². The number of likely N-dealkylation sites (N-methyl/N-ethyl adjacent to an activating group) is 1. The number of amides is 2. The van der Waals surface area contributed by atoms with Crippen molar-refractivity contribution in [2.24, 2.45) is 24.3 Å². The van der Waals surface area contributed by atoms with Gasteiger partial charge in [0, 0.05) is 86.1 Å². The summed E-state index contributed by atoms with van der Waals surface area (Å²) in [5.41, 5.74) is 9.97. The van der Waals surface area contributed by atoms with Gasteiger partial charge in [0.05, 0.1) is 53.3 Å². The summed E-state index contributed by atoms with van der Waals surface area (Å²) in [4.78, 5) is 55.5. The molecule has 4 aliphatic rings. The summed E-state index contributed by atoms with van der Waals surface area (Å²) in [7, 11) is 6.04. The number of piperazine rings is 1. The van der Waals surface area contributed by atoms with Crippen molar-refractivity contribution < 1.29 is 23.9 Å². The summed E-state index contributed by atoms with van der Waals surface area (Å²) in [5, 5.41) is 8.49. The number of hydrogen-bond acceptors (Lipinski definition) is 11. The largest absolute Gasteiger partial charge is 0.378 e. The van der Waals surface area contributed by atoms with Crippen molar-refractivity contribution in [1.29, 1.82) is 0 Å². The number of thiazole rings is 1. The van der Waals surface area contributed by atoms with Crippen LogP contribution in [0.2, 0.25) is 0 Å². The molecule has 3 fully saturated rings. The molecule has 0 spiro atoms. The molecule has 6 bridgehead atoms. The first-order valence-corrected chi connectivity index (χ1v) is 22.1. The van der Waals surface area contributed by atoms with Crippen LogP contribution >= 0.6 is 11.3 Å². The number of benzene rings is 1. The van der Waals surface area contributed by atoms with Gasteiger partial charge in [-0.2, -0.15) is 0 Å². The summed E-state index contributed by atoms with van der Waals surface area (Å²) in [6.45, 7) is 14.6. The van der Waals surface area contributed by atoms with Gasteiger partial charge in [-0.15, -0.1) is 11.3 Å². The van der Waals surface area contributed by atoms with E-state index in [4.69, 9.17) is 19.4 Å². The van der Waals surface area contributed by atoms with Gasteiger partial charge in [-0.3, -0.25) is 19.6 Å². The lowest BCUT2D eigenvalue weighted by Gasteiger charge is -2.41. The second kappa shape index (κ2) is 16.3. The third-order valence-electron chi connectivity index (χ3n) is 13.0. The number of pyridine rings is 1. The number of nitrogens with zero attached hydrogens (tertiary/aromatic N) is 6. The molecule has 14 heteroatoms. The van der Waals surface area contributed by atoms with Crippen LogP contribution in [0, 0.1) is 17.3 Å². The first-order valence-electron chi connectivity index (χ1n) is 21.2. The minimum absolute atomic E-state index is 0.0955. The molecule has 0 radical (unpaired) electrons. The summed E-state index contributed by atoms with van der Waals surface area (Å²) in [5.74, 6) is -0.191. The molecular weight excluding hydrogens is 765 g/mol. The number of hydrazine groups is 1. The summed E-state index contributed by atoms with van der Waals surface area (Å²) >= 11 is 1.49. The minimum atomic E-state index is -1.08. The Morgan fingerprint density at radius 1 is 1.15 bits per heavy atom. The van der Waals surface area contributed by atoms with Crippen LogP contribution in [-0.4, -0.2) is 114 Å². The molecule has 4 aromatic rings. The lowest BCUT2D eigenvalue weighted by molar-refractivity contribution is -0.147. The molecule has 1 aromatic carbocycles. The maximum Gasteiger partial charge on any atom is 0.259 e. The van der Waals surface area contributed by atoms with E-state index in [2.05, 4.69) is 98.1 Å². The Balaban J connectivity index is 1.25. The number of carbonyl (C=O) groups excluding carboxylic acids is 3. The minimum Gasteiger partial charge on any atom is -0.378 e. The van der Waals surface area contributed by atoms with Gasteiger partial charge in [-0.1, -0.05) is 26.8 Å². The fourth-order valence-electron chi connectivity index (χ4n) is 9.40. The van der Waals surface area contributed by atoms with Crippen molar-refractivity contribution in [3.05, 3.63) is 52.1 Å². The predicted molar refractivity (Wildman–Crippen MR) is 231 cm³/mol. The number of methoxy groups -OCH3 is 1. The SMILES string of the molecule is CO[C@@H](C)c1ncc(N2CCN(C)C[C@@H]2C)cc1-c1c2c3cc(ccc3n1C)-c1csc(n1)C[C@H](NC(=O)[C@H]1C[C@@H]1C)C(=O)N1CCC[C@](C=O)(COCC(C)(C)C2)N1. The van der Waals surface area contributed by atoms with Gasteiger partial charge in [-0.05, 0) is 81.7 Å². The number of carbonyl (C=O) groups is 3. The molecule has 316 valence electrons. The standard InChI is InChI=1S/C45H60N8O5S/c1-27-16-32(27)42(55)48-36-19-39-47-37(23-59-39)30-10-11-38-33(17-30)35(20-44(4,5)25-58-26-45(24-54)12-9-13-53(49-45)43(36)56)41(51(38)7)34-18-31(21-46-40(34)29(3)57-8)52-15-14-50(6)22-28(52)2/h10-11,17-18,21,23-24,27-29,32,36,49H,9,12-16,19-20,22,25-26H2,1-8H3,(H,48,55)/t27-,28-,29-,32-,36-,45-/m0/s1. The van der Waals surface area contributed by atoms with Gasteiger partial charge in [0.1, 0.15) is 17.9 Å². The highest BCUT2D eigenvalue weighted by molar-refractivity contribution is 7.10. The second-order valence-corrected chi connectivity index (χ2v) is 19.4. The number of rotatable bonds is 7. The number of hydrogen-bond donors (Lipinski definition) is 2. The highest BCUT2D eigenvalue weighted by Crippen LogP contribution is 2.43. The van der Waals surface area contributed by atoms with E-state index >= 15 is 0 Å². The Kier molecular flexibility index (Phi) is 11.5. The van der Waals surface area contributed by atoms with E-state index in [9.17, 15) is 14.4 Å². The highest BCUT2D eigenvalue weighted by Gasteiger charge is 2.43. The molecule has 8 rings (SSSR count). The first kappa shape index (κ1) is 41.5. The molecule has 6 heterocycles. The second-order valence-electron chi connectivity index (χ2n) is 18.5. The number of aromatic nitrogens is 3. The predicted octanol–water partition coefficient (Wildman–Crippen LogP) is 5.56. The molecule has 2 saturated heterocycles. The van der Waals surface area contributed by atoms with E-state index in [1.54, 1.807) is 7.11 Å². The highest BCUT2D eigenvalue weighted by atomic mass is 32.1. The van der Waals surface area contributed by atoms with E-state index < -0.39 is 11.6 Å². The molecular formula is C45H60N8O5S. The maximum atomic E-state index is 14.3. The number of aryl methyl sites for hydroxylation is 1. The van der Waals surface area contributed by atoms with Crippen LogP contribution in [-0.2, 0) is 43.7 Å². The normalized spacial score (nSPS) is 27.0. The summed E-state index contributed by atoms with van der Waals surface area (Å²) in [6.07, 6.45) is 5.52. The van der Waals surface area contributed by atoms with Gasteiger partial charge in [0.25, 0.3) is 5.91 Å². The molecule has 2 N–H and O–H groups in total. The van der Waals surface area contributed by atoms with Crippen LogP contribution < -0.4 is 15.6 Å². The fraction of sp³-hybridized carbons (Fsp3) is 0.578. The van der Waals surface area contributed by atoms with Crippen molar-refractivity contribution in [3.63, 3.8) is 0 Å². The van der Waals surface area contributed by atoms with Gasteiger partial charge in [0.2, 0.25) is 5.91 Å². The monoisotopic (exact) mass is 824 g/mol.